The Hall–Kier alpha value is -1.92. The minimum atomic E-state index is -0.649. The van der Waals surface area contributed by atoms with E-state index in [1.165, 1.54) is 0 Å². The maximum Gasteiger partial charge on any atom is 0.272 e. The number of nitro groups is 2. The molecule has 1 aliphatic heterocycles. The Morgan fingerprint density at radius 2 is 1.58 bits per heavy atom. The summed E-state index contributed by atoms with van der Waals surface area (Å²) in [5, 5.41) is 22.7. The monoisotopic (exact) mass is 171 g/mol. The maximum absolute atomic E-state index is 10.2. The van der Waals surface area contributed by atoms with Crippen LogP contribution < -0.4 is 5.32 Å². The first-order valence-electron chi connectivity index (χ1n) is 3.04. The van der Waals surface area contributed by atoms with Crippen molar-refractivity contribution in [1.82, 2.24) is 5.32 Å². The molecule has 0 aliphatic carbocycles. The van der Waals surface area contributed by atoms with Crippen molar-refractivity contribution in [2.75, 3.05) is 0 Å². The van der Waals surface area contributed by atoms with Crippen LogP contribution in [0.25, 0.3) is 0 Å². The summed E-state index contributed by atoms with van der Waals surface area (Å²) in [4.78, 5) is 19.0. The standard InChI is InChI=1S/C5H5N3O4/c9-7(10)4-1-5(8(11)12)3-6-2-4/h2-3,6H,1H2. The SMILES string of the molecule is O=[N+]([O-])C1=CNC=C([N+](=O)[O-])C1. The van der Waals surface area contributed by atoms with Gasteiger partial charge in [-0.3, -0.25) is 20.2 Å². The largest absolute Gasteiger partial charge is 0.357 e. The minimum Gasteiger partial charge on any atom is -0.357 e. The van der Waals surface area contributed by atoms with E-state index in [4.69, 9.17) is 0 Å². The van der Waals surface area contributed by atoms with Crippen LogP contribution in [0.5, 0.6) is 0 Å². The zero-order valence-corrected chi connectivity index (χ0v) is 5.89. The predicted octanol–water partition coefficient (Wildman–Crippen LogP) is 0.216. The first-order chi connectivity index (χ1) is 5.61. The summed E-state index contributed by atoms with van der Waals surface area (Å²) in [6.45, 7) is 0. The van der Waals surface area contributed by atoms with E-state index in [0.717, 1.165) is 12.4 Å². The van der Waals surface area contributed by atoms with Gasteiger partial charge >= 0.3 is 0 Å². The van der Waals surface area contributed by atoms with Crippen molar-refractivity contribution in [2.45, 2.75) is 6.42 Å². The molecule has 0 saturated heterocycles. The molecule has 0 radical (unpaired) electrons. The smallest absolute Gasteiger partial charge is 0.272 e. The van der Waals surface area contributed by atoms with E-state index in [0.29, 0.717) is 0 Å². The summed E-state index contributed by atoms with van der Waals surface area (Å²) >= 11 is 0. The normalized spacial score (nSPS) is 15.7. The molecule has 0 saturated carbocycles. The van der Waals surface area contributed by atoms with Crippen LogP contribution in [0.3, 0.4) is 0 Å². The Kier molecular flexibility index (Phi) is 2.04. The van der Waals surface area contributed by atoms with Crippen LogP contribution in [0.4, 0.5) is 0 Å². The third-order valence-electron chi connectivity index (χ3n) is 1.33. The van der Waals surface area contributed by atoms with Crippen LogP contribution in [0.2, 0.25) is 0 Å². The van der Waals surface area contributed by atoms with Gasteiger partial charge in [-0.15, -0.1) is 0 Å². The summed E-state index contributed by atoms with van der Waals surface area (Å²) in [5.41, 5.74) is -0.409. The Bertz CT molecular complexity index is 265. The second kappa shape index (κ2) is 2.99. The van der Waals surface area contributed by atoms with Gasteiger partial charge in [0.2, 0.25) is 0 Å². The van der Waals surface area contributed by atoms with Crippen LogP contribution in [0.15, 0.2) is 23.8 Å². The first kappa shape index (κ1) is 8.18. The van der Waals surface area contributed by atoms with Crippen LogP contribution in [-0.4, -0.2) is 9.85 Å². The third kappa shape index (κ3) is 1.57. The molecular weight excluding hydrogens is 166 g/mol. The fourth-order valence-electron chi connectivity index (χ4n) is 0.756. The van der Waals surface area contributed by atoms with E-state index in [-0.39, 0.29) is 17.8 Å². The van der Waals surface area contributed by atoms with Crippen molar-refractivity contribution in [2.24, 2.45) is 0 Å². The van der Waals surface area contributed by atoms with E-state index < -0.39 is 9.85 Å². The zero-order valence-electron chi connectivity index (χ0n) is 5.89. The molecule has 7 nitrogen and oxygen atoms in total. The number of hydrogen-bond donors (Lipinski definition) is 1. The molecule has 0 amide bonds. The molecular formula is C5H5N3O4. The van der Waals surface area contributed by atoms with Crippen LogP contribution in [0.1, 0.15) is 6.42 Å². The van der Waals surface area contributed by atoms with Gasteiger partial charge in [0.15, 0.2) is 0 Å². The highest BCUT2D eigenvalue weighted by atomic mass is 16.6. The van der Waals surface area contributed by atoms with E-state index >= 15 is 0 Å². The average molecular weight is 171 g/mol. The van der Waals surface area contributed by atoms with Gasteiger partial charge in [-0.1, -0.05) is 0 Å². The molecule has 1 heterocycles. The summed E-state index contributed by atoms with van der Waals surface area (Å²) < 4.78 is 0. The second-order valence-corrected chi connectivity index (χ2v) is 2.13. The Morgan fingerprint density at radius 3 is 1.92 bits per heavy atom. The minimum absolute atomic E-state index is 0.204. The number of nitrogens with zero attached hydrogens (tertiary/aromatic N) is 2. The third-order valence-corrected chi connectivity index (χ3v) is 1.33. The lowest BCUT2D eigenvalue weighted by molar-refractivity contribution is -0.451. The molecule has 0 aromatic rings. The molecule has 0 aromatic heterocycles. The number of rotatable bonds is 2. The average Bonchev–Trinajstić information content (AvgIpc) is 2.04. The fraction of sp³-hybridized carbons (Fsp3) is 0.200. The van der Waals surface area contributed by atoms with Crippen LogP contribution in [-0.2, 0) is 0 Å². The fourth-order valence-corrected chi connectivity index (χ4v) is 0.756. The van der Waals surface area contributed by atoms with E-state index in [2.05, 4.69) is 5.32 Å². The number of nitrogens with one attached hydrogen (secondary N) is 1. The van der Waals surface area contributed by atoms with Gasteiger partial charge in [0, 0.05) is 0 Å². The zero-order chi connectivity index (χ0) is 9.14. The van der Waals surface area contributed by atoms with Crippen molar-refractivity contribution in [3.05, 3.63) is 44.0 Å². The summed E-state index contributed by atoms with van der Waals surface area (Å²) in [6.07, 6.45) is 2.02. The molecule has 0 spiro atoms. The van der Waals surface area contributed by atoms with Gasteiger partial charge in [0.1, 0.15) is 6.42 Å². The molecule has 0 aromatic carbocycles. The highest BCUT2D eigenvalue weighted by Gasteiger charge is 2.23. The maximum atomic E-state index is 10.2. The molecule has 1 rings (SSSR count). The van der Waals surface area contributed by atoms with Crippen LogP contribution in [0, 0.1) is 20.2 Å². The lowest BCUT2D eigenvalue weighted by Gasteiger charge is -2.02. The van der Waals surface area contributed by atoms with Crippen molar-refractivity contribution >= 4 is 0 Å². The van der Waals surface area contributed by atoms with Gasteiger partial charge in [-0.05, 0) is 0 Å². The molecule has 1 aliphatic rings. The predicted molar refractivity (Wildman–Crippen MR) is 37.9 cm³/mol. The summed E-state index contributed by atoms with van der Waals surface area (Å²) in [6, 6.07) is 0. The van der Waals surface area contributed by atoms with Crippen molar-refractivity contribution in [3.8, 4) is 0 Å². The lowest BCUT2D eigenvalue weighted by atomic mass is 10.2. The molecule has 64 valence electrons. The Morgan fingerprint density at radius 1 is 1.17 bits per heavy atom. The molecule has 0 unspecified atom stereocenters. The second-order valence-electron chi connectivity index (χ2n) is 2.13. The quantitative estimate of drug-likeness (QED) is 0.473. The van der Waals surface area contributed by atoms with Gasteiger partial charge in [0.25, 0.3) is 11.4 Å². The number of hydrogen-bond acceptors (Lipinski definition) is 5. The number of dihydropyridines is 1. The molecule has 0 fully saturated rings. The van der Waals surface area contributed by atoms with Gasteiger partial charge in [0.05, 0.1) is 22.2 Å². The highest BCUT2D eigenvalue weighted by Crippen LogP contribution is 2.13. The molecule has 0 bridgehead atoms. The lowest BCUT2D eigenvalue weighted by Crippen LogP contribution is -2.15. The molecule has 7 heteroatoms. The first-order valence-corrected chi connectivity index (χ1v) is 3.04. The highest BCUT2D eigenvalue weighted by molar-refractivity contribution is 5.10. The van der Waals surface area contributed by atoms with Gasteiger partial charge < -0.3 is 5.32 Å². The Labute approximate surface area is 66.7 Å². The van der Waals surface area contributed by atoms with Gasteiger partial charge in [-0.25, -0.2) is 0 Å². The van der Waals surface area contributed by atoms with Gasteiger partial charge in [-0.2, -0.15) is 0 Å². The van der Waals surface area contributed by atoms with Crippen molar-refractivity contribution < 1.29 is 9.85 Å². The van der Waals surface area contributed by atoms with E-state index in [1.54, 1.807) is 0 Å². The van der Waals surface area contributed by atoms with E-state index in [9.17, 15) is 20.2 Å². The topological polar surface area (TPSA) is 98.3 Å². The van der Waals surface area contributed by atoms with Crippen LogP contribution >= 0.6 is 0 Å². The molecule has 12 heavy (non-hydrogen) atoms. The molecule has 1 N–H and O–H groups in total. The van der Waals surface area contributed by atoms with Crippen molar-refractivity contribution in [1.29, 1.82) is 0 Å². The van der Waals surface area contributed by atoms with E-state index in [1.807, 2.05) is 0 Å². The summed E-state index contributed by atoms with van der Waals surface area (Å²) in [5.74, 6) is 0. The summed E-state index contributed by atoms with van der Waals surface area (Å²) in [7, 11) is 0. The van der Waals surface area contributed by atoms with Crippen molar-refractivity contribution in [3.63, 3.8) is 0 Å². The Balaban J connectivity index is 2.73. The molecule has 0 atom stereocenters.